The van der Waals surface area contributed by atoms with Crippen LogP contribution in [0.2, 0.25) is 0 Å². The fourth-order valence-corrected chi connectivity index (χ4v) is 8.39. The molecule has 3 aromatic carbocycles. The number of benzene rings is 3. The summed E-state index contributed by atoms with van der Waals surface area (Å²) in [5.74, 6) is -6.10. The number of primary amides is 1. The first kappa shape index (κ1) is 61.0. The molecule has 24 heteroatoms. The van der Waals surface area contributed by atoms with Crippen LogP contribution in [0.15, 0.2) is 85.1 Å². The van der Waals surface area contributed by atoms with E-state index in [1.54, 1.807) is 57.3 Å². The zero-order valence-electron chi connectivity index (χ0n) is 43.5. The SMILES string of the molecule is CCCC[C@H](NC(=O)[C@H](Cc1ccc(OS(=O)(=O)O)cc1)NC(=O)OC(C)(C)C)C(=O)NCC(=O)N[C@@H](Cc1c[nH]c2ccccc12)C(=O)N[C@H](CN[C@@H](CC(=O)O)C(=O)N[C@@H](Cc1ccccc1)C(N)=O)CC(C)C. The third-order valence-corrected chi connectivity index (χ3v) is 12.0. The molecule has 23 nitrogen and oxygen atoms in total. The number of alkyl carbamates (subject to hydrolysis) is 1. The summed E-state index contributed by atoms with van der Waals surface area (Å²) in [7, 11) is -4.81. The van der Waals surface area contributed by atoms with Crippen LogP contribution in [0.5, 0.6) is 5.75 Å². The number of carbonyl (C=O) groups is 8. The molecule has 1 aromatic heterocycles. The lowest BCUT2D eigenvalue weighted by Crippen LogP contribution is -2.57. The Morgan fingerprint density at radius 1 is 0.711 bits per heavy atom. The lowest BCUT2D eigenvalue weighted by Gasteiger charge is -2.27. The minimum absolute atomic E-state index is 0.0190. The zero-order chi connectivity index (χ0) is 56.2. The second-order valence-corrected chi connectivity index (χ2v) is 20.7. The van der Waals surface area contributed by atoms with Crippen LogP contribution in [-0.2, 0) is 68.0 Å². The summed E-state index contributed by atoms with van der Waals surface area (Å²) in [5, 5.41) is 29.5. The van der Waals surface area contributed by atoms with Crippen molar-refractivity contribution < 1.29 is 65.4 Å². The lowest BCUT2D eigenvalue weighted by atomic mass is 10.0. The van der Waals surface area contributed by atoms with E-state index in [0.29, 0.717) is 36.0 Å². The number of aliphatic carboxylic acids is 1. The molecular formula is C52H71N9O14S. The Hall–Kier alpha value is -7.57. The van der Waals surface area contributed by atoms with Crippen LogP contribution in [0.25, 0.3) is 10.9 Å². The molecule has 0 saturated heterocycles. The first-order chi connectivity index (χ1) is 35.8. The second-order valence-electron chi connectivity index (χ2n) is 19.7. The Morgan fingerprint density at radius 3 is 1.92 bits per heavy atom. The van der Waals surface area contributed by atoms with Gasteiger partial charge in [-0.2, -0.15) is 8.42 Å². The van der Waals surface area contributed by atoms with Crippen LogP contribution >= 0.6 is 0 Å². The molecule has 0 saturated carbocycles. The number of hydrogen-bond donors (Lipinski definition) is 11. The van der Waals surface area contributed by atoms with Gasteiger partial charge < -0.3 is 62.0 Å². The van der Waals surface area contributed by atoms with Crippen molar-refractivity contribution in [3.63, 3.8) is 0 Å². The second kappa shape index (κ2) is 28.9. The van der Waals surface area contributed by atoms with Gasteiger partial charge in [-0.15, -0.1) is 0 Å². The van der Waals surface area contributed by atoms with Gasteiger partial charge in [0.2, 0.25) is 35.4 Å². The monoisotopic (exact) mass is 1080 g/mol. The molecule has 0 radical (unpaired) electrons. The predicted molar refractivity (Wildman–Crippen MR) is 281 cm³/mol. The first-order valence-corrected chi connectivity index (χ1v) is 26.2. The average Bonchev–Trinajstić information content (AvgIpc) is 3.74. The van der Waals surface area contributed by atoms with E-state index in [9.17, 15) is 51.9 Å². The van der Waals surface area contributed by atoms with Gasteiger partial charge in [0.1, 0.15) is 35.5 Å². The quantitative estimate of drug-likeness (QED) is 0.0334. The summed E-state index contributed by atoms with van der Waals surface area (Å²) in [6.45, 7) is 9.81. The third-order valence-electron chi connectivity index (χ3n) is 11.6. The molecule has 414 valence electrons. The molecule has 0 bridgehead atoms. The number of fused-ring (bicyclic) bond motifs is 1. The molecule has 4 rings (SSSR count). The Bertz CT molecular complexity index is 2730. The van der Waals surface area contributed by atoms with Gasteiger partial charge in [0.25, 0.3) is 0 Å². The number of ether oxygens (including phenoxy) is 1. The number of rotatable bonds is 30. The van der Waals surface area contributed by atoms with E-state index in [-0.39, 0.29) is 43.9 Å². The van der Waals surface area contributed by atoms with Gasteiger partial charge in [0.05, 0.1) is 19.0 Å². The maximum absolute atomic E-state index is 14.4. The molecule has 0 aliphatic carbocycles. The summed E-state index contributed by atoms with van der Waals surface area (Å²) in [6.07, 6.45) is 1.53. The van der Waals surface area contributed by atoms with Crippen molar-refractivity contribution in [2.24, 2.45) is 11.7 Å². The number of carboxylic acid groups (broad SMARTS) is 1. The minimum atomic E-state index is -4.81. The van der Waals surface area contributed by atoms with Gasteiger partial charge in [-0.3, -0.25) is 38.1 Å². The van der Waals surface area contributed by atoms with E-state index in [2.05, 4.69) is 46.4 Å². The standard InChI is InChI=1S/C52H71N9O14S/c1-7-8-17-39(59-50(69)42(61-51(70)74-52(4,5)6)25-33-19-21-36(22-20-33)75-76(71,72)73)47(66)56-30-44(62)58-43(26-34-28-54-38-18-13-12-16-37(34)38)49(68)57-35(23-31(2)3)29-55-41(27-45(63)64)48(67)60-40(46(53)65)24-32-14-10-9-11-15-32/h9-16,18-22,28,31,35,39-43,54-55H,7-8,17,23-27,29-30H2,1-6H3,(H2,53,65)(H,56,66)(H,57,68)(H,58,62)(H,59,69)(H,60,67)(H,61,70)(H,63,64)(H,71,72,73)/t35-,39-,40-,41-,42-,43-/m0/s1. The highest BCUT2D eigenvalue weighted by molar-refractivity contribution is 7.81. The highest BCUT2D eigenvalue weighted by Gasteiger charge is 2.32. The van der Waals surface area contributed by atoms with Crippen molar-refractivity contribution in [2.75, 3.05) is 13.1 Å². The summed E-state index contributed by atoms with van der Waals surface area (Å²) < 4.78 is 41.3. The summed E-state index contributed by atoms with van der Waals surface area (Å²) in [6, 6.07) is 14.4. The number of nitrogens with one attached hydrogen (secondary N) is 8. The van der Waals surface area contributed by atoms with Crippen LogP contribution in [0.1, 0.15) is 90.3 Å². The Balaban J connectivity index is 1.51. The van der Waals surface area contributed by atoms with E-state index in [1.807, 2.05) is 45.0 Å². The molecule has 1 heterocycles. The number of H-pyrrole nitrogens is 1. The first-order valence-electron chi connectivity index (χ1n) is 24.9. The van der Waals surface area contributed by atoms with E-state index < -0.39 is 113 Å². The van der Waals surface area contributed by atoms with Crippen molar-refractivity contribution >= 4 is 68.8 Å². The van der Waals surface area contributed by atoms with Gasteiger partial charge in [0.15, 0.2) is 0 Å². The van der Waals surface area contributed by atoms with Crippen molar-refractivity contribution in [3.8, 4) is 5.75 Å². The van der Waals surface area contributed by atoms with Gasteiger partial charge in [-0.05, 0) is 74.4 Å². The average molecular weight is 1080 g/mol. The molecule has 76 heavy (non-hydrogen) atoms. The number of nitrogens with two attached hydrogens (primary N) is 1. The molecule has 4 aromatic rings. The number of unbranched alkanes of at least 4 members (excludes halogenated alkanes) is 1. The van der Waals surface area contributed by atoms with Gasteiger partial charge >= 0.3 is 22.5 Å². The van der Waals surface area contributed by atoms with Crippen LogP contribution in [0.3, 0.4) is 0 Å². The van der Waals surface area contributed by atoms with Crippen molar-refractivity contribution in [1.29, 1.82) is 0 Å². The lowest BCUT2D eigenvalue weighted by molar-refractivity contribution is -0.140. The van der Waals surface area contributed by atoms with Crippen LogP contribution in [0.4, 0.5) is 4.79 Å². The molecule has 0 aliphatic rings. The molecule has 0 fully saturated rings. The van der Waals surface area contributed by atoms with Gasteiger partial charge in [-0.1, -0.05) is 94.3 Å². The number of carbonyl (C=O) groups excluding carboxylic acids is 7. The highest BCUT2D eigenvalue weighted by Crippen LogP contribution is 2.20. The largest absolute Gasteiger partial charge is 0.481 e. The maximum atomic E-state index is 14.4. The summed E-state index contributed by atoms with van der Waals surface area (Å²) >= 11 is 0. The Kier molecular flexibility index (Phi) is 23.2. The third kappa shape index (κ3) is 21.7. The molecule has 0 aliphatic heterocycles. The summed E-state index contributed by atoms with van der Waals surface area (Å²) in [4.78, 5) is 110. The fraction of sp³-hybridized carbons (Fsp3) is 0.462. The smallest absolute Gasteiger partial charge is 0.446 e. The van der Waals surface area contributed by atoms with Gasteiger partial charge in [-0.25, -0.2) is 4.79 Å². The maximum Gasteiger partial charge on any atom is 0.446 e. The molecular weight excluding hydrogens is 1010 g/mol. The number of amides is 7. The molecule has 7 amide bonds. The van der Waals surface area contributed by atoms with Gasteiger partial charge in [0, 0.05) is 48.9 Å². The molecule has 12 N–H and O–H groups in total. The summed E-state index contributed by atoms with van der Waals surface area (Å²) in [5.41, 5.74) is 7.26. The van der Waals surface area contributed by atoms with Crippen LogP contribution in [-0.4, -0.2) is 126 Å². The molecule has 6 atom stereocenters. The van der Waals surface area contributed by atoms with Crippen LogP contribution in [0, 0.1) is 5.92 Å². The minimum Gasteiger partial charge on any atom is -0.481 e. The normalized spacial score (nSPS) is 13.9. The fourth-order valence-electron chi connectivity index (χ4n) is 8.04. The number of aromatic nitrogens is 1. The van der Waals surface area contributed by atoms with Crippen molar-refractivity contribution in [3.05, 3.63) is 102 Å². The van der Waals surface area contributed by atoms with Crippen molar-refractivity contribution in [1.82, 2.24) is 42.2 Å². The van der Waals surface area contributed by atoms with E-state index >= 15 is 0 Å². The van der Waals surface area contributed by atoms with Crippen LogP contribution < -0.4 is 47.1 Å². The Labute approximate surface area is 441 Å². The van der Waals surface area contributed by atoms with E-state index in [4.69, 9.17) is 15.0 Å². The number of para-hydroxylation sites is 1. The predicted octanol–water partition coefficient (Wildman–Crippen LogP) is 2.48. The molecule has 0 unspecified atom stereocenters. The highest BCUT2D eigenvalue weighted by atomic mass is 32.3. The number of aromatic amines is 1. The number of hydrogen-bond acceptors (Lipinski definition) is 13. The van der Waals surface area contributed by atoms with E-state index in [0.717, 1.165) is 10.9 Å². The number of carboxylic acids is 1. The topological polar surface area (TPSA) is 356 Å². The van der Waals surface area contributed by atoms with Crippen molar-refractivity contribution in [2.45, 2.75) is 135 Å². The molecule has 0 spiro atoms. The Morgan fingerprint density at radius 2 is 1.30 bits per heavy atom. The van der Waals surface area contributed by atoms with E-state index in [1.165, 1.54) is 24.3 Å². The zero-order valence-corrected chi connectivity index (χ0v) is 44.3.